The first-order chi connectivity index (χ1) is 15.0. The molecule has 0 radical (unpaired) electrons. The summed E-state index contributed by atoms with van der Waals surface area (Å²) in [7, 11) is 0. The van der Waals surface area contributed by atoms with Crippen LogP contribution in [-0.4, -0.2) is 3.79 Å². The van der Waals surface area contributed by atoms with Crippen molar-refractivity contribution in [2.24, 2.45) is 5.92 Å². The van der Waals surface area contributed by atoms with Crippen molar-refractivity contribution in [3.63, 3.8) is 0 Å². The van der Waals surface area contributed by atoms with Crippen molar-refractivity contribution in [2.45, 2.75) is 172 Å². The number of halogens is 3. The van der Waals surface area contributed by atoms with Crippen LogP contribution in [0.1, 0.15) is 168 Å². The zero-order valence-corrected chi connectivity index (χ0v) is 23.4. The van der Waals surface area contributed by atoms with Gasteiger partial charge in [-0.2, -0.15) is 0 Å². The topological polar surface area (TPSA) is 0 Å². The van der Waals surface area contributed by atoms with Crippen molar-refractivity contribution in [3.05, 3.63) is 0 Å². The normalized spacial score (nSPS) is 13.1. The van der Waals surface area contributed by atoms with Crippen LogP contribution >= 0.6 is 34.8 Å². The Morgan fingerprint density at radius 1 is 0.387 bits per heavy atom. The second-order valence-electron chi connectivity index (χ2n) is 9.89. The molecule has 0 spiro atoms. The van der Waals surface area contributed by atoms with Gasteiger partial charge in [-0.1, -0.05) is 190 Å². The van der Waals surface area contributed by atoms with Crippen LogP contribution in [0.3, 0.4) is 0 Å². The molecule has 1 atom stereocenters. The van der Waals surface area contributed by atoms with Gasteiger partial charge >= 0.3 is 0 Å². The smallest absolute Gasteiger partial charge is 0.0834 e. The Kier molecular flexibility index (Phi) is 24.7. The van der Waals surface area contributed by atoms with Gasteiger partial charge < -0.3 is 0 Å². The Balaban J connectivity index is 3.47. The number of unbranched alkanes of at least 4 members (excludes halogenated alkanes) is 20. The van der Waals surface area contributed by atoms with Gasteiger partial charge in [0.05, 0.1) is 0 Å². The van der Waals surface area contributed by atoms with Crippen molar-refractivity contribution in [1.29, 1.82) is 0 Å². The minimum absolute atomic E-state index is 0.232. The van der Waals surface area contributed by atoms with Crippen molar-refractivity contribution >= 4 is 34.8 Å². The third kappa shape index (κ3) is 23.8. The summed E-state index contributed by atoms with van der Waals surface area (Å²) in [6, 6.07) is 0. The van der Waals surface area contributed by atoms with Crippen LogP contribution in [0, 0.1) is 5.92 Å². The maximum absolute atomic E-state index is 6.26. The molecule has 0 nitrogen and oxygen atoms in total. The lowest BCUT2D eigenvalue weighted by Crippen LogP contribution is -2.19. The molecule has 0 aromatic heterocycles. The maximum Gasteiger partial charge on any atom is 0.193 e. The highest BCUT2D eigenvalue weighted by atomic mass is 35.6. The number of hydrogen-bond donors (Lipinski definition) is 0. The molecule has 0 aliphatic heterocycles. The van der Waals surface area contributed by atoms with Crippen LogP contribution in [-0.2, 0) is 0 Å². The predicted molar refractivity (Wildman–Crippen MR) is 146 cm³/mol. The number of alkyl halides is 3. The molecule has 3 heteroatoms. The summed E-state index contributed by atoms with van der Waals surface area (Å²) >= 11 is 18.8. The standard InChI is InChI=1S/C28H55Cl3/c1-3-5-7-9-11-12-13-14-15-16-17-18-19-20-22-24-26-27(28(29,30)31)25-23-21-10-8-6-4-2/h27H,3-26H2,1-2H3. The zero-order chi connectivity index (χ0) is 23.0. The average Bonchev–Trinajstić information content (AvgIpc) is 2.73. The highest BCUT2D eigenvalue weighted by molar-refractivity contribution is 6.67. The molecular weight excluding hydrogens is 443 g/mol. The Morgan fingerprint density at radius 3 is 0.839 bits per heavy atom. The van der Waals surface area contributed by atoms with E-state index >= 15 is 0 Å². The van der Waals surface area contributed by atoms with Crippen LogP contribution < -0.4 is 0 Å². The van der Waals surface area contributed by atoms with Crippen LogP contribution in [0.25, 0.3) is 0 Å². The van der Waals surface area contributed by atoms with Gasteiger partial charge in [-0.25, -0.2) is 0 Å². The largest absolute Gasteiger partial charge is 0.193 e. The predicted octanol–water partition coefficient (Wildman–Crippen LogP) is 12.4. The molecule has 0 bridgehead atoms. The van der Waals surface area contributed by atoms with Crippen LogP contribution in [0.4, 0.5) is 0 Å². The van der Waals surface area contributed by atoms with E-state index in [2.05, 4.69) is 13.8 Å². The first-order valence-electron chi connectivity index (χ1n) is 14.1. The molecule has 0 aromatic carbocycles. The molecule has 0 aromatic rings. The van der Waals surface area contributed by atoms with Gasteiger partial charge in [0.2, 0.25) is 0 Å². The first kappa shape index (κ1) is 31.9. The fourth-order valence-electron chi connectivity index (χ4n) is 4.58. The fourth-order valence-corrected chi connectivity index (χ4v) is 5.24. The van der Waals surface area contributed by atoms with Gasteiger partial charge in [0, 0.05) is 5.92 Å². The van der Waals surface area contributed by atoms with Crippen molar-refractivity contribution in [2.75, 3.05) is 0 Å². The van der Waals surface area contributed by atoms with E-state index in [4.69, 9.17) is 34.8 Å². The van der Waals surface area contributed by atoms with Gasteiger partial charge in [0.15, 0.2) is 3.79 Å². The minimum Gasteiger partial charge on any atom is -0.0834 e. The molecule has 0 amide bonds. The van der Waals surface area contributed by atoms with E-state index in [1.165, 1.54) is 141 Å². The van der Waals surface area contributed by atoms with E-state index in [9.17, 15) is 0 Å². The lowest BCUT2D eigenvalue weighted by Gasteiger charge is -2.24. The molecule has 0 saturated heterocycles. The molecule has 0 aliphatic rings. The summed E-state index contributed by atoms with van der Waals surface area (Å²) in [6.45, 7) is 4.55. The van der Waals surface area contributed by atoms with E-state index in [1.54, 1.807) is 0 Å². The van der Waals surface area contributed by atoms with Gasteiger partial charge in [0.25, 0.3) is 0 Å². The summed E-state index contributed by atoms with van der Waals surface area (Å²) in [5.74, 6) is 0.232. The monoisotopic (exact) mass is 496 g/mol. The van der Waals surface area contributed by atoms with Crippen LogP contribution in [0.15, 0.2) is 0 Å². The quantitative estimate of drug-likeness (QED) is 0.0918. The summed E-state index contributed by atoms with van der Waals surface area (Å²) in [5.41, 5.74) is 0. The molecule has 0 rings (SSSR count). The third-order valence-electron chi connectivity index (χ3n) is 6.78. The van der Waals surface area contributed by atoms with E-state index in [-0.39, 0.29) is 5.92 Å². The molecule has 1 unspecified atom stereocenters. The average molecular weight is 498 g/mol. The van der Waals surface area contributed by atoms with Crippen LogP contribution in [0.2, 0.25) is 0 Å². The highest BCUT2D eigenvalue weighted by Gasteiger charge is 2.31. The maximum atomic E-state index is 6.26. The zero-order valence-electron chi connectivity index (χ0n) is 21.2. The van der Waals surface area contributed by atoms with Crippen molar-refractivity contribution in [1.82, 2.24) is 0 Å². The third-order valence-corrected chi connectivity index (χ3v) is 7.70. The molecule has 0 N–H and O–H groups in total. The number of rotatable bonds is 24. The van der Waals surface area contributed by atoms with Crippen molar-refractivity contribution in [3.8, 4) is 0 Å². The molecule has 0 aliphatic carbocycles. The Hall–Kier alpha value is 0.870. The summed E-state index contributed by atoms with van der Waals surface area (Å²) < 4.78 is -1.08. The summed E-state index contributed by atoms with van der Waals surface area (Å²) in [5, 5.41) is 0. The fraction of sp³-hybridized carbons (Fsp3) is 1.00. The van der Waals surface area contributed by atoms with Gasteiger partial charge in [0.1, 0.15) is 0 Å². The van der Waals surface area contributed by atoms with Crippen molar-refractivity contribution < 1.29 is 0 Å². The Labute approximate surface area is 212 Å². The summed E-state index contributed by atoms with van der Waals surface area (Å²) in [6.07, 6.45) is 32.4. The lowest BCUT2D eigenvalue weighted by molar-refractivity contribution is 0.407. The molecule has 0 fully saturated rings. The van der Waals surface area contributed by atoms with Gasteiger partial charge in [-0.15, -0.1) is 0 Å². The Morgan fingerprint density at radius 2 is 0.613 bits per heavy atom. The van der Waals surface area contributed by atoms with Gasteiger partial charge in [-0.05, 0) is 12.8 Å². The SMILES string of the molecule is CCCCCCCCCCCCCCCCCCC(CCCCCCCC)C(Cl)(Cl)Cl. The summed E-state index contributed by atoms with van der Waals surface area (Å²) in [4.78, 5) is 0. The van der Waals surface area contributed by atoms with E-state index in [0.717, 1.165) is 12.8 Å². The molecule has 188 valence electrons. The lowest BCUT2D eigenvalue weighted by atomic mass is 9.95. The van der Waals surface area contributed by atoms with E-state index in [0.29, 0.717) is 0 Å². The molecule has 31 heavy (non-hydrogen) atoms. The van der Waals surface area contributed by atoms with E-state index in [1.807, 2.05) is 0 Å². The molecular formula is C28H55Cl3. The number of hydrogen-bond acceptors (Lipinski definition) is 0. The van der Waals surface area contributed by atoms with Crippen LogP contribution in [0.5, 0.6) is 0 Å². The molecule has 0 saturated carbocycles. The molecule has 0 heterocycles. The minimum atomic E-state index is -1.08. The van der Waals surface area contributed by atoms with E-state index < -0.39 is 3.79 Å². The first-order valence-corrected chi connectivity index (χ1v) is 15.2. The van der Waals surface area contributed by atoms with Gasteiger partial charge in [-0.3, -0.25) is 0 Å². The Bertz CT molecular complexity index is 338. The second kappa shape index (κ2) is 24.0. The highest BCUT2D eigenvalue weighted by Crippen LogP contribution is 2.41. The second-order valence-corrected chi connectivity index (χ2v) is 12.3.